The van der Waals surface area contributed by atoms with Gasteiger partial charge in [-0.3, -0.25) is 4.79 Å². The maximum atomic E-state index is 13.1. The molecule has 0 aliphatic carbocycles. The quantitative estimate of drug-likeness (QED) is 0.719. The van der Waals surface area contributed by atoms with Gasteiger partial charge in [-0.15, -0.1) is 0 Å². The maximum Gasteiger partial charge on any atom is 0.168 e. The molecule has 2 nitrogen and oxygen atoms in total. The van der Waals surface area contributed by atoms with E-state index in [0.717, 1.165) is 25.0 Å². The molecule has 0 radical (unpaired) electrons. The summed E-state index contributed by atoms with van der Waals surface area (Å²) in [6.45, 7) is 3.02. The first-order chi connectivity index (χ1) is 7.68. The molecule has 0 spiro atoms. The van der Waals surface area contributed by atoms with E-state index >= 15 is 0 Å². The fourth-order valence-electron chi connectivity index (χ4n) is 2.03. The molecule has 2 rings (SSSR count). The number of carbonyl (C=O) groups is 1. The second-order valence-corrected chi connectivity index (χ2v) is 4.24. The summed E-state index contributed by atoms with van der Waals surface area (Å²) >= 11 is 0. The lowest BCUT2D eigenvalue weighted by Gasteiger charge is -2.21. The first-order valence-electron chi connectivity index (χ1n) is 5.56. The van der Waals surface area contributed by atoms with E-state index in [-0.39, 0.29) is 17.5 Å². The van der Waals surface area contributed by atoms with Crippen LogP contribution >= 0.6 is 0 Å². The Bertz CT molecular complexity index is 395. The molecule has 0 bridgehead atoms. The van der Waals surface area contributed by atoms with Gasteiger partial charge in [-0.2, -0.15) is 0 Å². The molecule has 0 amide bonds. The zero-order chi connectivity index (χ0) is 11.5. The molecule has 0 aromatic heterocycles. The molecule has 86 valence electrons. The van der Waals surface area contributed by atoms with Crippen LogP contribution in [0.3, 0.4) is 0 Å². The third kappa shape index (κ3) is 2.30. The van der Waals surface area contributed by atoms with Gasteiger partial charge in [0.1, 0.15) is 5.82 Å². The molecular weight excluding hydrogens is 207 g/mol. The molecule has 1 aromatic rings. The van der Waals surface area contributed by atoms with Crippen LogP contribution in [-0.4, -0.2) is 19.0 Å². The van der Waals surface area contributed by atoms with Gasteiger partial charge in [-0.1, -0.05) is 6.07 Å². The third-order valence-corrected chi connectivity index (χ3v) is 3.00. The minimum atomic E-state index is -0.356. The van der Waals surface area contributed by atoms with Crippen LogP contribution in [-0.2, 0) is 4.74 Å². The van der Waals surface area contributed by atoms with Crippen LogP contribution in [0.25, 0.3) is 0 Å². The van der Waals surface area contributed by atoms with Gasteiger partial charge >= 0.3 is 0 Å². The lowest BCUT2D eigenvalue weighted by atomic mass is 9.90. The van der Waals surface area contributed by atoms with E-state index in [4.69, 9.17) is 4.74 Å². The average Bonchev–Trinajstić information content (AvgIpc) is 2.32. The Morgan fingerprint density at radius 1 is 1.50 bits per heavy atom. The Morgan fingerprint density at radius 3 is 3.00 bits per heavy atom. The summed E-state index contributed by atoms with van der Waals surface area (Å²) in [4.78, 5) is 12.1. The molecule has 1 fully saturated rings. The second kappa shape index (κ2) is 4.74. The van der Waals surface area contributed by atoms with E-state index in [1.54, 1.807) is 6.07 Å². The van der Waals surface area contributed by atoms with Gasteiger partial charge in [0.2, 0.25) is 0 Å². The highest BCUT2D eigenvalue weighted by Crippen LogP contribution is 2.21. The van der Waals surface area contributed by atoms with Gasteiger partial charge in [-0.05, 0) is 37.5 Å². The van der Waals surface area contributed by atoms with Crippen molar-refractivity contribution in [2.45, 2.75) is 19.8 Å². The molecule has 1 unspecified atom stereocenters. The van der Waals surface area contributed by atoms with Crippen LogP contribution in [0.1, 0.15) is 28.8 Å². The number of ether oxygens (including phenoxy) is 1. The summed E-state index contributed by atoms with van der Waals surface area (Å²) in [6.07, 6.45) is 1.75. The number of halogens is 1. The van der Waals surface area contributed by atoms with Gasteiger partial charge < -0.3 is 4.74 Å². The van der Waals surface area contributed by atoms with Crippen LogP contribution in [0.4, 0.5) is 4.39 Å². The SMILES string of the molecule is Cc1ccc(F)cc1C(=O)C1CCCOC1. The van der Waals surface area contributed by atoms with Crippen molar-refractivity contribution in [1.29, 1.82) is 0 Å². The normalized spacial score (nSPS) is 20.8. The molecule has 1 aliphatic heterocycles. The Balaban J connectivity index is 2.22. The predicted octanol–water partition coefficient (Wildman–Crippen LogP) is 2.74. The number of hydrogen-bond acceptors (Lipinski definition) is 2. The fraction of sp³-hybridized carbons (Fsp3) is 0.462. The number of Topliss-reactive ketones (excluding diaryl/α,β-unsaturated/α-hetero) is 1. The number of hydrogen-bond donors (Lipinski definition) is 0. The number of rotatable bonds is 2. The number of carbonyl (C=O) groups excluding carboxylic acids is 1. The minimum absolute atomic E-state index is 0.0108. The van der Waals surface area contributed by atoms with Crippen LogP contribution in [0, 0.1) is 18.7 Å². The van der Waals surface area contributed by atoms with E-state index in [2.05, 4.69) is 0 Å². The van der Waals surface area contributed by atoms with Crippen molar-refractivity contribution in [2.75, 3.05) is 13.2 Å². The first-order valence-corrected chi connectivity index (χ1v) is 5.56. The van der Waals surface area contributed by atoms with E-state index in [1.165, 1.54) is 12.1 Å². The summed E-state index contributed by atoms with van der Waals surface area (Å²) in [6, 6.07) is 4.35. The lowest BCUT2D eigenvalue weighted by molar-refractivity contribution is 0.0460. The predicted molar refractivity (Wildman–Crippen MR) is 59.0 cm³/mol. The number of ketones is 1. The Labute approximate surface area is 94.4 Å². The van der Waals surface area contributed by atoms with Crippen molar-refractivity contribution in [3.05, 3.63) is 35.1 Å². The third-order valence-electron chi connectivity index (χ3n) is 3.00. The van der Waals surface area contributed by atoms with Crippen molar-refractivity contribution in [3.8, 4) is 0 Å². The van der Waals surface area contributed by atoms with Crippen LogP contribution in [0.5, 0.6) is 0 Å². The van der Waals surface area contributed by atoms with Crippen LogP contribution < -0.4 is 0 Å². The van der Waals surface area contributed by atoms with Crippen LogP contribution in [0.15, 0.2) is 18.2 Å². The molecule has 1 aliphatic rings. The summed E-state index contributed by atoms with van der Waals surface area (Å²) < 4.78 is 18.4. The van der Waals surface area contributed by atoms with E-state index in [1.807, 2.05) is 6.92 Å². The topological polar surface area (TPSA) is 26.3 Å². The van der Waals surface area contributed by atoms with Crippen molar-refractivity contribution < 1.29 is 13.9 Å². The van der Waals surface area contributed by atoms with E-state index < -0.39 is 0 Å². The second-order valence-electron chi connectivity index (χ2n) is 4.24. The number of benzene rings is 1. The largest absolute Gasteiger partial charge is 0.381 e. The molecule has 1 atom stereocenters. The van der Waals surface area contributed by atoms with Gasteiger partial charge in [0.15, 0.2) is 5.78 Å². The molecule has 1 aromatic carbocycles. The van der Waals surface area contributed by atoms with E-state index in [9.17, 15) is 9.18 Å². The van der Waals surface area contributed by atoms with Gasteiger partial charge in [0.25, 0.3) is 0 Å². The molecule has 1 heterocycles. The van der Waals surface area contributed by atoms with Crippen molar-refractivity contribution in [1.82, 2.24) is 0 Å². The Kier molecular flexibility index (Phi) is 3.34. The first kappa shape index (κ1) is 11.3. The summed E-state index contributed by atoms with van der Waals surface area (Å²) in [5.74, 6) is -0.448. The molecular formula is C13H15FO2. The highest BCUT2D eigenvalue weighted by molar-refractivity contribution is 5.99. The Morgan fingerprint density at radius 2 is 2.31 bits per heavy atom. The molecule has 3 heteroatoms. The molecule has 0 saturated carbocycles. The highest BCUT2D eigenvalue weighted by atomic mass is 19.1. The van der Waals surface area contributed by atoms with Gasteiger partial charge in [-0.25, -0.2) is 4.39 Å². The van der Waals surface area contributed by atoms with E-state index in [0.29, 0.717) is 12.2 Å². The smallest absolute Gasteiger partial charge is 0.168 e. The standard InChI is InChI=1S/C13H15FO2/c1-9-4-5-11(14)7-12(9)13(15)10-3-2-6-16-8-10/h4-5,7,10H,2-3,6,8H2,1H3. The number of aryl methyl sites for hydroxylation is 1. The van der Waals surface area contributed by atoms with Crippen LogP contribution in [0.2, 0.25) is 0 Å². The van der Waals surface area contributed by atoms with Gasteiger partial charge in [0.05, 0.1) is 6.61 Å². The van der Waals surface area contributed by atoms with Crippen molar-refractivity contribution >= 4 is 5.78 Å². The average molecular weight is 222 g/mol. The zero-order valence-electron chi connectivity index (χ0n) is 9.33. The molecule has 0 N–H and O–H groups in total. The molecule has 16 heavy (non-hydrogen) atoms. The van der Waals surface area contributed by atoms with Crippen molar-refractivity contribution in [2.24, 2.45) is 5.92 Å². The van der Waals surface area contributed by atoms with Gasteiger partial charge in [0, 0.05) is 18.1 Å². The fourth-order valence-corrected chi connectivity index (χ4v) is 2.03. The van der Waals surface area contributed by atoms with Crippen molar-refractivity contribution in [3.63, 3.8) is 0 Å². The molecule has 1 saturated heterocycles. The summed E-state index contributed by atoms with van der Waals surface area (Å²) in [5, 5.41) is 0. The zero-order valence-corrected chi connectivity index (χ0v) is 9.33. The monoisotopic (exact) mass is 222 g/mol. The minimum Gasteiger partial charge on any atom is -0.381 e. The summed E-state index contributed by atoms with van der Waals surface area (Å²) in [7, 11) is 0. The maximum absolute atomic E-state index is 13.1. The Hall–Kier alpha value is -1.22. The lowest BCUT2D eigenvalue weighted by Crippen LogP contribution is -2.25. The summed E-state index contributed by atoms with van der Waals surface area (Å²) in [5.41, 5.74) is 1.33. The highest BCUT2D eigenvalue weighted by Gasteiger charge is 2.24.